The van der Waals surface area contributed by atoms with E-state index < -0.39 is 12.7 Å². The molecule has 1 fully saturated rings. The largest absolute Gasteiger partial charge is 0.454 e. The van der Waals surface area contributed by atoms with Crippen molar-refractivity contribution < 1.29 is 14.5 Å². The minimum atomic E-state index is -2.23. The second-order valence-electron chi connectivity index (χ2n) is 11.5. The van der Waals surface area contributed by atoms with Crippen molar-refractivity contribution in [2.75, 3.05) is 0 Å². The van der Waals surface area contributed by atoms with E-state index in [2.05, 4.69) is 19.9 Å². The SMILES string of the molecule is [2H]C([2H])([2H])c1cc[n+](C)c(-c2c(C)ccc3c2oc2c(-c4ccc(C5([2H])CCC(C)(C)CC5)cc4)c(C#N)ccc23)c1. The third-order valence-corrected chi connectivity index (χ3v) is 8.33. The quantitative estimate of drug-likeness (QED) is 0.231. The normalized spacial score (nSPS) is 18.4. The van der Waals surface area contributed by atoms with Gasteiger partial charge < -0.3 is 4.42 Å². The summed E-state index contributed by atoms with van der Waals surface area (Å²) in [6.45, 7) is 4.33. The van der Waals surface area contributed by atoms with Crippen LogP contribution in [-0.4, -0.2) is 0 Å². The van der Waals surface area contributed by atoms with Crippen LogP contribution in [0.5, 0.6) is 0 Å². The maximum atomic E-state index is 10.1. The van der Waals surface area contributed by atoms with Crippen molar-refractivity contribution in [1.29, 1.82) is 5.26 Å². The number of aromatic nitrogens is 1. The molecule has 6 rings (SSSR count). The van der Waals surface area contributed by atoms with Crippen LogP contribution in [0.4, 0.5) is 0 Å². The van der Waals surface area contributed by atoms with Crippen LogP contribution in [0, 0.1) is 30.5 Å². The van der Waals surface area contributed by atoms with Crippen molar-refractivity contribution in [3.8, 4) is 28.5 Å². The number of fused-ring (bicyclic) bond motifs is 3. The average molecular weight is 504 g/mol. The molecule has 0 N–H and O–H groups in total. The zero-order chi connectivity index (χ0) is 30.0. The summed E-state index contributed by atoms with van der Waals surface area (Å²) in [5, 5.41) is 11.9. The highest BCUT2D eigenvalue weighted by atomic mass is 16.3. The fraction of sp³-hybridized carbons (Fsp3) is 0.314. The molecule has 1 aliphatic rings. The van der Waals surface area contributed by atoms with Crippen LogP contribution in [0.1, 0.15) is 73.2 Å². The Hall–Kier alpha value is -3.90. The van der Waals surface area contributed by atoms with Crippen LogP contribution in [0.25, 0.3) is 44.3 Å². The highest BCUT2D eigenvalue weighted by molar-refractivity contribution is 6.14. The third-order valence-electron chi connectivity index (χ3n) is 8.33. The van der Waals surface area contributed by atoms with Gasteiger partial charge >= 0.3 is 0 Å². The van der Waals surface area contributed by atoms with Gasteiger partial charge in [-0.2, -0.15) is 5.26 Å². The van der Waals surface area contributed by atoms with Gasteiger partial charge in [0, 0.05) is 34.0 Å². The van der Waals surface area contributed by atoms with Crippen LogP contribution in [-0.2, 0) is 7.05 Å². The van der Waals surface area contributed by atoms with Gasteiger partial charge in [0.05, 0.1) is 17.2 Å². The Kier molecular flexibility index (Phi) is 4.84. The van der Waals surface area contributed by atoms with Crippen LogP contribution in [0.2, 0.25) is 0 Å². The summed E-state index contributed by atoms with van der Waals surface area (Å²) >= 11 is 0. The van der Waals surface area contributed by atoms with Crippen molar-refractivity contribution in [2.45, 2.75) is 59.2 Å². The zero-order valence-electron chi connectivity index (χ0n) is 26.5. The van der Waals surface area contributed by atoms with Gasteiger partial charge in [0.25, 0.3) is 0 Å². The summed E-state index contributed by atoms with van der Waals surface area (Å²) in [5.74, 6) is -0.595. The second kappa shape index (κ2) is 9.14. The number of nitriles is 1. The number of rotatable bonds is 3. The van der Waals surface area contributed by atoms with Crippen molar-refractivity contribution in [3.05, 3.63) is 89.1 Å². The van der Waals surface area contributed by atoms with E-state index in [1.54, 1.807) is 18.3 Å². The topological polar surface area (TPSA) is 40.8 Å². The van der Waals surface area contributed by atoms with Crippen molar-refractivity contribution >= 4 is 21.9 Å². The van der Waals surface area contributed by atoms with E-state index in [0.29, 0.717) is 16.7 Å². The first-order chi connectivity index (χ1) is 19.8. The molecule has 0 atom stereocenters. The van der Waals surface area contributed by atoms with E-state index in [0.717, 1.165) is 70.0 Å². The Bertz CT molecular complexity index is 1880. The number of hydrogen-bond acceptors (Lipinski definition) is 2. The van der Waals surface area contributed by atoms with Gasteiger partial charge in [-0.1, -0.05) is 50.2 Å². The molecule has 5 aromatic rings. The number of hydrogen-bond donors (Lipinski definition) is 0. The second-order valence-corrected chi connectivity index (χ2v) is 11.5. The Morgan fingerprint density at radius 1 is 0.974 bits per heavy atom. The highest BCUT2D eigenvalue weighted by Gasteiger charge is 2.28. The monoisotopic (exact) mass is 503 g/mol. The molecular formula is C35H35N2O+. The lowest BCUT2D eigenvalue weighted by molar-refractivity contribution is -0.660. The molecule has 2 heterocycles. The third kappa shape index (κ3) is 4.09. The van der Waals surface area contributed by atoms with E-state index in [-0.39, 0.29) is 11.0 Å². The minimum absolute atomic E-state index is 0.268. The van der Waals surface area contributed by atoms with Crippen LogP contribution in [0.15, 0.2) is 71.3 Å². The van der Waals surface area contributed by atoms with E-state index in [9.17, 15) is 6.63 Å². The van der Waals surface area contributed by atoms with E-state index >= 15 is 0 Å². The molecule has 0 saturated heterocycles. The molecule has 0 unspecified atom stereocenters. The predicted molar refractivity (Wildman–Crippen MR) is 155 cm³/mol. The maximum absolute atomic E-state index is 10.1. The fourth-order valence-corrected chi connectivity index (χ4v) is 5.91. The van der Waals surface area contributed by atoms with Gasteiger partial charge in [-0.15, -0.1) is 0 Å². The Balaban J connectivity index is 1.53. The van der Waals surface area contributed by atoms with Gasteiger partial charge in [0.15, 0.2) is 6.20 Å². The number of nitrogens with zero attached hydrogens (tertiary/aromatic N) is 2. The summed E-state index contributed by atoms with van der Waals surface area (Å²) < 4.78 is 41.6. The van der Waals surface area contributed by atoms with Gasteiger partial charge in [-0.25, -0.2) is 4.57 Å². The first-order valence-electron chi connectivity index (χ1n) is 15.3. The van der Waals surface area contributed by atoms with E-state index in [1.165, 1.54) is 0 Å². The molecule has 0 bridgehead atoms. The van der Waals surface area contributed by atoms with Gasteiger partial charge in [0.1, 0.15) is 18.2 Å². The van der Waals surface area contributed by atoms with E-state index in [1.807, 2.05) is 67.1 Å². The molecular weight excluding hydrogens is 464 g/mol. The van der Waals surface area contributed by atoms with Crippen LogP contribution < -0.4 is 4.57 Å². The average Bonchev–Trinajstić information content (AvgIpc) is 3.33. The number of aryl methyl sites for hydroxylation is 3. The van der Waals surface area contributed by atoms with E-state index in [4.69, 9.17) is 8.53 Å². The highest BCUT2D eigenvalue weighted by Crippen LogP contribution is 2.44. The molecule has 3 heteroatoms. The molecule has 0 spiro atoms. The first-order valence-corrected chi connectivity index (χ1v) is 13.3. The van der Waals surface area contributed by atoms with Gasteiger partial charge in [-0.3, -0.25) is 0 Å². The van der Waals surface area contributed by atoms with Crippen LogP contribution in [0.3, 0.4) is 0 Å². The molecule has 1 saturated carbocycles. The summed E-state index contributed by atoms with van der Waals surface area (Å²) in [7, 11) is 1.90. The molecule has 0 aliphatic heterocycles. The minimum Gasteiger partial charge on any atom is -0.454 e. The summed E-state index contributed by atoms with van der Waals surface area (Å²) in [5.41, 5.74) is 7.49. The zero-order valence-corrected chi connectivity index (χ0v) is 22.5. The lowest BCUT2D eigenvalue weighted by Crippen LogP contribution is -2.30. The fourth-order valence-electron chi connectivity index (χ4n) is 5.91. The lowest BCUT2D eigenvalue weighted by atomic mass is 9.71. The maximum Gasteiger partial charge on any atom is 0.216 e. The first kappa shape index (κ1) is 20.1. The molecule has 2 aromatic heterocycles. The molecule has 3 nitrogen and oxygen atoms in total. The number of benzene rings is 3. The predicted octanol–water partition coefficient (Wildman–Crippen LogP) is 8.92. The molecule has 3 aromatic carbocycles. The smallest absolute Gasteiger partial charge is 0.216 e. The number of furan rings is 1. The van der Waals surface area contributed by atoms with Gasteiger partial charge in [-0.05, 0) is 85.2 Å². The van der Waals surface area contributed by atoms with Crippen molar-refractivity contribution in [2.24, 2.45) is 12.5 Å². The molecule has 0 amide bonds. The molecule has 38 heavy (non-hydrogen) atoms. The molecule has 190 valence electrons. The summed E-state index contributed by atoms with van der Waals surface area (Å²) in [4.78, 5) is 0. The number of pyridine rings is 1. The molecule has 0 radical (unpaired) electrons. The van der Waals surface area contributed by atoms with Crippen molar-refractivity contribution in [1.82, 2.24) is 0 Å². The Morgan fingerprint density at radius 2 is 1.66 bits per heavy atom. The molecule has 1 aliphatic carbocycles. The Labute approximate surface area is 231 Å². The lowest BCUT2D eigenvalue weighted by Gasteiger charge is -2.34. The standard InChI is InChI=1S/C35H35N2O/c1-22-16-19-37(5)30(20-22)31-23(2)6-12-28-29-13-11-27(21-36)32(34(29)38-33(28)31)26-9-7-24(8-10-26)25-14-17-35(3,4)18-15-25/h6-13,16,19-20,25H,14-15,17-18H2,1-5H3/q+1/i1D3,25D. The Morgan fingerprint density at radius 3 is 2.34 bits per heavy atom. The van der Waals surface area contributed by atoms with Crippen molar-refractivity contribution in [3.63, 3.8) is 0 Å². The van der Waals surface area contributed by atoms with Gasteiger partial charge in [0.2, 0.25) is 5.69 Å². The summed E-state index contributed by atoms with van der Waals surface area (Å²) in [6.07, 6.45) is 5.51. The van der Waals surface area contributed by atoms with Crippen LogP contribution >= 0.6 is 0 Å². The summed E-state index contributed by atoms with van der Waals surface area (Å²) in [6, 6.07) is 21.6.